The summed E-state index contributed by atoms with van der Waals surface area (Å²) in [5.41, 5.74) is 5.76. The molecule has 2 unspecified atom stereocenters. The molecule has 0 spiro atoms. The molecule has 2 N–H and O–H groups in total. The van der Waals surface area contributed by atoms with Crippen LogP contribution < -0.4 is 5.73 Å². The van der Waals surface area contributed by atoms with Crippen LogP contribution in [0.2, 0.25) is 0 Å². The third kappa shape index (κ3) is 4.34. The van der Waals surface area contributed by atoms with E-state index in [1.165, 1.54) is 5.75 Å². The van der Waals surface area contributed by atoms with Crippen molar-refractivity contribution < 1.29 is 0 Å². The topological polar surface area (TPSA) is 29.3 Å². The van der Waals surface area contributed by atoms with Crippen LogP contribution in [-0.2, 0) is 0 Å². The molecular formula is C10H24N2S. The molecule has 0 aromatic heterocycles. The molecule has 0 aromatic carbocycles. The summed E-state index contributed by atoms with van der Waals surface area (Å²) in [5.74, 6) is 1.82. The Bertz CT molecular complexity index is 128. The first-order valence-corrected chi connectivity index (χ1v) is 6.34. The number of nitrogens with two attached hydrogens (primary N) is 1. The van der Waals surface area contributed by atoms with Crippen molar-refractivity contribution in [1.82, 2.24) is 4.90 Å². The van der Waals surface area contributed by atoms with Gasteiger partial charge in [0.1, 0.15) is 0 Å². The van der Waals surface area contributed by atoms with E-state index in [0.29, 0.717) is 18.0 Å². The molecule has 0 saturated heterocycles. The van der Waals surface area contributed by atoms with Crippen LogP contribution >= 0.6 is 11.8 Å². The molecule has 0 aliphatic rings. The summed E-state index contributed by atoms with van der Waals surface area (Å²) in [6.45, 7) is 7.49. The minimum absolute atomic E-state index is 0.516. The van der Waals surface area contributed by atoms with E-state index in [0.717, 1.165) is 6.54 Å². The van der Waals surface area contributed by atoms with Crippen LogP contribution in [0.5, 0.6) is 0 Å². The molecule has 13 heavy (non-hydrogen) atoms. The van der Waals surface area contributed by atoms with E-state index in [2.05, 4.69) is 39.0 Å². The lowest BCUT2D eigenvalue weighted by atomic mass is 10.0. The van der Waals surface area contributed by atoms with Gasteiger partial charge in [-0.2, -0.15) is 11.8 Å². The van der Waals surface area contributed by atoms with Crippen molar-refractivity contribution in [2.45, 2.75) is 32.9 Å². The fourth-order valence-corrected chi connectivity index (χ4v) is 2.31. The SMILES string of the molecule is CSCC(C)N(C)C(CN)C(C)C. The number of hydrogen-bond donors (Lipinski definition) is 1. The van der Waals surface area contributed by atoms with E-state index in [-0.39, 0.29) is 0 Å². The van der Waals surface area contributed by atoms with Crippen molar-refractivity contribution in [3.05, 3.63) is 0 Å². The van der Waals surface area contributed by atoms with Crippen LogP contribution in [0.15, 0.2) is 0 Å². The lowest BCUT2D eigenvalue weighted by molar-refractivity contribution is 0.161. The molecule has 0 rings (SSSR count). The van der Waals surface area contributed by atoms with Gasteiger partial charge in [-0.05, 0) is 26.1 Å². The van der Waals surface area contributed by atoms with Gasteiger partial charge >= 0.3 is 0 Å². The molecule has 0 aliphatic heterocycles. The number of hydrogen-bond acceptors (Lipinski definition) is 3. The molecule has 2 atom stereocenters. The fourth-order valence-electron chi connectivity index (χ4n) is 1.59. The Hall–Kier alpha value is 0.270. The van der Waals surface area contributed by atoms with Gasteiger partial charge < -0.3 is 5.73 Å². The minimum Gasteiger partial charge on any atom is -0.329 e. The van der Waals surface area contributed by atoms with Gasteiger partial charge in [-0.3, -0.25) is 4.90 Å². The number of nitrogens with zero attached hydrogens (tertiary/aromatic N) is 1. The largest absolute Gasteiger partial charge is 0.329 e. The van der Waals surface area contributed by atoms with E-state index in [1.807, 2.05) is 11.8 Å². The summed E-state index contributed by atoms with van der Waals surface area (Å²) in [4.78, 5) is 2.40. The van der Waals surface area contributed by atoms with E-state index < -0.39 is 0 Å². The lowest BCUT2D eigenvalue weighted by Crippen LogP contribution is -2.47. The molecule has 0 amide bonds. The maximum Gasteiger partial charge on any atom is 0.0241 e. The molecule has 0 aliphatic carbocycles. The van der Waals surface area contributed by atoms with Crippen LogP contribution in [0.3, 0.4) is 0 Å². The van der Waals surface area contributed by atoms with Gasteiger partial charge in [-0.1, -0.05) is 13.8 Å². The molecule has 2 nitrogen and oxygen atoms in total. The third-order valence-corrected chi connectivity index (χ3v) is 3.45. The van der Waals surface area contributed by atoms with Crippen LogP contribution in [0.4, 0.5) is 0 Å². The van der Waals surface area contributed by atoms with Crippen LogP contribution in [0, 0.1) is 5.92 Å². The van der Waals surface area contributed by atoms with Crippen LogP contribution in [0.1, 0.15) is 20.8 Å². The molecule has 0 saturated carbocycles. The average molecular weight is 204 g/mol. The van der Waals surface area contributed by atoms with Gasteiger partial charge in [0.15, 0.2) is 0 Å². The summed E-state index contributed by atoms with van der Waals surface area (Å²) in [6.07, 6.45) is 2.15. The van der Waals surface area contributed by atoms with Gasteiger partial charge in [-0.25, -0.2) is 0 Å². The highest BCUT2D eigenvalue weighted by Crippen LogP contribution is 2.13. The monoisotopic (exact) mass is 204 g/mol. The van der Waals surface area contributed by atoms with Gasteiger partial charge in [0, 0.05) is 24.4 Å². The highest BCUT2D eigenvalue weighted by Gasteiger charge is 2.20. The molecular weight excluding hydrogens is 180 g/mol. The Balaban J connectivity index is 4.10. The Labute approximate surface area is 87.2 Å². The Morgan fingerprint density at radius 1 is 1.31 bits per heavy atom. The van der Waals surface area contributed by atoms with Crippen molar-refractivity contribution in [3.8, 4) is 0 Å². The first kappa shape index (κ1) is 13.3. The summed E-state index contributed by atoms with van der Waals surface area (Å²) in [7, 11) is 2.18. The van der Waals surface area contributed by atoms with Gasteiger partial charge in [0.2, 0.25) is 0 Å². The highest BCUT2D eigenvalue weighted by molar-refractivity contribution is 7.98. The van der Waals surface area contributed by atoms with Crippen LogP contribution in [0.25, 0.3) is 0 Å². The van der Waals surface area contributed by atoms with E-state index in [1.54, 1.807) is 0 Å². The van der Waals surface area contributed by atoms with Gasteiger partial charge in [-0.15, -0.1) is 0 Å². The third-order valence-electron chi connectivity index (χ3n) is 2.64. The predicted octanol–water partition coefficient (Wildman–Crippen LogP) is 1.65. The highest BCUT2D eigenvalue weighted by atomic mass is 32.2. The zero-order valence-corrected chi connectivity index (χ0v) is 10.4. The van der Waals surface area contributed by atoms with E-state index in [9.17, 15) is 0 Å². The summed E-state index contributed by atoms with van der Waals surface area (Å²) in [5, 5.41) is 0. The zero-order chi connectivity index (χ0) is 10.4. The summed E-state index contributed by atoms with van der Waals surface area (Å²) < 4.78 is 0. The van der Waals surface area contributed by atoms with Crippen molar-refractivity contribution in [1.29, 1.82) is 0 Å². The zero-order valence-electron chi connectivity index (χ0n) is 9.58. The number of likely N-dealkylation sites (N-methyl/N-ethyl adjacent to an activating group) is 1. The van der Waals surface area contributed by atoms with Gasteiger partial charge in [0.05, 0.1) is 0 Å². The van der Waals surface area contributed by atoms with Crippen molar-refractivity contribution >= 4 is 11.8 Å². The Morgan fingerprint density at radius 3 is 2.15 bits per heavy atom. The standard InChI is InChI=1S/C10H24N2S/c1-8(2)10(6-11)12(4)9(3)7-13-5/h8-10H,6-7,11H2,1-5H3. The second-order valence-electron chi connectivity index (χ2n) is 4.02. The maximum atomic E-state index is 5.76. The summed E-state index contributed by atoms with van der Waals surface area (Å²) in [6, 6.07) is 1.13. The molecule has 0 bridgehead atoms. The van der Waals surface area contributed by atoms with E-state index in [4.69, 9.17) is 5.73 Å². The minimum atomic E-state index is 0.516. The summed E-state index contributed by atoms with van der Waals surface area (Å²) >= 11 is 1.90. The first-order valence-electron chi connectivity index (χ1n) is 4.95. The Kier molecular flexibility index (Phi) is 6.82. The van der Waals surface area contributed by atoms with Crippen molar-refractivity contribution in [3.63, 3.8) is 0 Å². The normalized spacial score (nSPS) is 16.6. The molecule has 0 fully saturated rings. The number of thioether (sulfide) groups is 1. The Morgan fingerprint density at radius 2 is 1.85 bits per heavy atom. The van der Waals surface area contributed by atoms with Crippen LogP contribution in [-0.4, -0.2) is 42.6 Å². The lowest BCUT2D eigenvalue weighted by Gasteiger charge is -2.34. The average Bonchev–Trinajstić information content (AvgIpc) is 2.05. The molecule has 0 heterocycles. The predicted molar refractivity (Wildman–Crippen MR) is 63.3 cm³/mol. The molecule has 0 radical (unpaired) electrons. The second-order valence-corrected chi connectivity index (χ2v) is 4.93. The quantitative estimate of drug-likeness (QED) is 0.713. The first-order chi connectivity index (χ1) is 6.04. The smallest absolute Gasteiger partial charge is 0.0241 e. The molecule has 3 heteroatoms. The second kappa shape index (κ2) is 6.68. The number of rotatable bonds is 6. The van der Waals surface area contributed by atoms with Crippen molar-refractivity contribution in [2.75, 3.05) is 25.6 Å². The molecule has 80 valence electrons. The maximum absolute atomic E-state index is 5.76. The molecule has 0 aromatic rings. The van der Waals surface area contributed by atoms with E-state index >= 15 is 0 Å². The van der Waals surface area contributed by atoms with Gasteiger partial charge in [0.25, 0.3) is 0 Å². The fraction of sp³-hybridized carbons (Fsp3) is 1.00. The van der Waals surface area contributed by atoms with Crippen molar-refractivity contribution in [2.24, 2.45) is 11.7 Å².